The van der Waals surface area contributed by atoms with Gasteiger partial charge in [-0.25, -0.2) is 8.42 Å². The Kier molecular flexibility index (Phi) is 6.68. The largest absolute Gasteiger partial charge is 0.468 e. The van der Waals surface area contributed by atoms with Gasteiger partial charge in [-0.1, -0.05) is 24.3 Å². The molecular formula is C18H23N3O5S2. The van der Waals surface area contributed by atoms with E-state index in [2.05, 4.69) is 9.30 Å². The minimum absolute atomic E-state index is 0.0301. The van der Waals surface area contributed by atoms with Gasteiger partial charge in [-0.3, -0.25) is 4.79 Å². The highest BCUT2D eigenvalue weighted by Gasteiger charge is 2.41. The summed E-state index contributed by atoms with van der Waals surface area (Å²) in [6.07, 6.45) is 0. The van der Waals surface area contributed by atoms with Gasteiger partial charge >= 0.3 is 5.97 Å². The van der Waals surface area contributed by atoms with Gasteiger partial charge in [0.2, 0.25) is 10.0 Å². The molecule has 0 spiro atoms. The summed E-state index contributed by atoms with van der Waals surface area (Å²) in [6.45, 7) is 3.08. The van der Waals surface area contributed by atoms with Crippen LogP contribution in [0.2, 0.25) is 0 Å². The lowest BCUT2D eigenvalue weighted by atomic mass is 10.1. The van der Waals surface area contributed by atoms with Crippen LogP contribution in [-0.4, -0.2) is 46.4 Å². The number of nitrogens with zero attached hydrogens (tertiary/aromatic N) is 2. The molecule has 2 rings (SSSR count). The molecule has 0 fully saturated rings. The normalized spacial score (nSPS) is 13.2. The Balaban J connectivity index is 2.59. The highest BCUT2D eigenvalue weighted by Crippen LogP contribution is 2.33. The molecule has 152 valence electrons. The molecule has 28 heavy (non-hydrogen) atoms. The third-order valence-electron chi connectivity index (χ3n) is 4.31. The van der Waals surface area contributed by atoms with Crippen LogP contribution in [0.5, 0.6) is 0 Å². The number of ether oxygens (including phenoxy) is 1. The number of carbonyl (C=O) groups is 1. The SMILES string of the molecule is COC(=O)C(NS(=O)(=O)c1cccc2c(N(C)C)cccc12)C(C)(C)SN=O. The maximum absolute atomic E-state index is 13.2. The second-order valence-corrected chi connectivity index (χ2v) is 9.94. The third kappa shape index (κ3) is 4.45. The highest BCUT2D eigenvalue weighted by atomic mass is 32.2. The van der Waals surface area contributed by atoms with Crippen molar-refractivity contribution >= 4 is 44.4 Å². The van der Waals surface area contributed by atoms with Crippen LogP contribution in [0.15, 0.2) is 45.9 Å². The van der Waals surface area contributed by atoms with Gasteiger partial charge in [0.25, 0.3) is 0 Å². The van der Waals surface area contributed by atoms with E-state index < -0.39 is 26.8 Å². The van der Waals surface area contributed by atoms with E-state index in [1.165, 1.54) is 19.9 Å². The summed E-state index contributed by atoms with van der Waals surface area (Å²) in [5, 5.41) is 1.27. The molecule has 10 heteroatoms. The van der Waals surface area contributed by atoms with Crippen molar-refractivity contribution in [3.63, 3.8) is 0 Å². The van der Waals surface area contributed by atoms with Crippen molar-refractivity contribution in [1.82, 2.24) is 4.72 Å². The molecule has 0 heterocycles. The Bertz CT molecular complexity index is 990. The van der Waals surface area contributed by atoms with Crippen LogP contribution in [0.3, 0.4) is 0 Å². The molecule has 8 nitrogen and oxygen atoms in total. The average Bonchev–Trinajstić information content (AvgIpc) is 2.64. The molecule has 0 bridgehead atoms. The molecular weight excluding hydrogens is 402 g/mol. The number of hydrogen-bond acceptors (Lipinski definition) is 8. The van der Waals surface area contributed by atoms with Crippen LogP contribution >= 0.6 is 11.9 Å². The van der Waals surface area contributed by atoms with E-state index in [1.807, 2.05) is 31.1 Å². The van der Waals surface area contributed by atoms with Crippen molar-refractivity contribution in [2.45, 2.75) is 29.5 Å². The molecule has 1 unspecified atom stereocenters. The lowest BCUT2D eigenvalue weighted by Gasteiger charge is -2.29. The summed E-state index contributed by atoms with van der Waals surface area (Å²) in [4.78, 5) is 24.9. The van der Waals surface area contributed by atoms with Gasteiger partial charge in [0.1, 0.15) is 6.04 Å². The van der Waals surface area contributed by atoms with Gasteiger partial charge in [0, 0.05) is 47.1 Å². The zero-order chi connectivity index (χ0) is 21.1. The summed E-state index contributed by atoms with van der Waals surface area (Å²) in [7, 11) is 0.779. The van der Waals surface area contributed by atoms with Crippen LogP contribution in [0.25, 0.3) is 10.8 Å². The summed E-state index contributed by atoms with van der Waals surface area (Å²) < 4.78 is 35.0. The number of anilines is 1. The van der Waals surface area contributed by atoms with E-state index in [0.717, 1.165) is 18.2 Å². The van der Waals surface area contributed by atoms with Gasteiger partial charge in [-0.05, 0) is 26.0 Å². The first-order chi connectivity index (χ1) is 13.0. The number of benzene rings is 2. The molecule has 0 amide bonds. The lowest BCUT2D eigenvalue weighted by molar-refractivity contribution is -0.143. The fraction of sp³-hybridized carbons (Fsp3) is 0.389. The van der Waals surface area contributed by atoms with E-state index in [1.54, 1.807) is 18.2 Å². The van der Waals surface area contributed by atoms with Crippen molar-refractivity contribution in [3.05, 3.63) is 41.3 Å². The second kappa shape index (κ2) is 8.46. The lowest BCUT2D eigenvalue weighted by Crippen LogP contribution is -2.52. The zero-order valence-corrected chi connectivity index (χ0v) is 17.9. The summed E-state index contributed by atoms with van der Waals surface area (Å²) in [5.41, 5.74) is 0.861. The number of esters is 1. The van der Waals surface area contributed by atoms with Gasteiger partial charge in [0.05, 0.1) is 16.8 Å². The average molecular weight is 426 g/mol. The van der Waals surface area contributed by atoms with Crippen molar-refractivity contribution in [2.75, 3.05) is 26.1 Å². The smallest absolute Gasteiger partial charge is 0.325 e. The van der Waals surface area contributed by atoms with Crippen LogP contribution in [0.4, 0.5) is 5.69 Å². The monoisotopic (exact) mass is 425 g/mol. The number of methoxy groups -OCH3 is 1. The number of nitrogens with one attached hydrogen (secondary N) is 1. The Hall–Kier alpha value is -2.17. The number of nitroso groups, excluding NO2 is 1. The quantitative estimate of drug-likeness (QED) is 0.394. The molecule has 0 radical (unpaired) electrons. The van der Waals surface area contributed by atoms with Gasteiger partial charge < -0.3 is 9.64 Å². The molecule has 0 aliphatic heterocycles. The summed E-state index contributed by atoms with van der Waals surface area (Å²) in [6, 6.07) is 9.00. The fourth-order valence-corrected chi connectivity index (χ4v) is 4.93. The van der Waals surface area contributed by atoms with Crippen LogP contribution in [0, 0.1) is 4.91 Å². The van der Waals surface area contributed by atoms with Crippen LogP contribution in [-0.2, 0) is 19.6 Å². The molecule has 0 aliphatic rings. The Morgan fingerprint density at radius 2 is 1.79 bits per heavy atom. The first kappa shape index (κ1) is 22.1. The third-order valence-corrected chi connectivity index (χ3v) is 6.57. The molecule has 1 N–H and O–H groups in total. The molecule has 0 aromatic heterocycles. The van der Waals surface area contributed by atoms with Crippen molar-refractivity contribution in [3.8, 4) is 0 Å². The molecule has 0 saturated carbocycles. The number of fused-ring (bicyclic) bond motifs is 1. The predicted molar refractivity (Wildman–Crippen MR) is 112 cm³/mol. The Morgan fingerprint density at radius 3 is 2.36 bits per heavy atom. The molecule has 2 aromatic rings. The van der Waals surface area contributed by atoms with E-state index in [4.69, 9.17) is 4.74 Å². The van der Waals surface area contributed by atoms with Crippen molar-refractivity contribution < 1.29 is 17.9 Å². The summed E-state index contributed by atoms with van der Waals surface area (Å²) >= 11 is 0.566. The molecule has 0 saturated heterocycles. The minimum atomic E-state index is -4.11. The number of rotatable bonds is 8. The van der Waals surface area contributed by atoms with Crippen LogP contribution < -0.4 is 9.62 Å². The van der Waals surface area contributed by atoms with Gasteiger partial charge in [-0.2, -0.15) is 4.72 Å². The first-order valence-electron chi connectivity index (χ1n) is 8.35. The topological polar surface area (TPSA) is 105 Å². The predicted octanol–water partition coefficient (Wildman–Crippen LogP) is 2.92. The minimum Gasteiger partial charge on any atom is -0.468 e. The number of sulfonamides is 1. The Morgan fingerprint density at radius 1 is 1.18 bits per heavy atom. The van der Waals surface area contributed by atoms with E-state index in [9.17, 15) is 18.1 Å². The highest BCUT2D eigenvalue weighted by molar-refractivity contribution is 7.99. The Labute approximate surface area is 168 Å². The molecule has 2 aromatic carbocycles. The van der Waals surface area contributed by atoms with Crippen LogP contribution in [0.1, 0.15) is 13.8 Å². The summed E-state index contributed by atoms with van der Waals surface area (Å²) in [5.74, 6) is -0.807. The maximum atomic E-state index is 13.2. The number of carbonyl (C=O) groups excluding carboxylic acids is 1. The van der Waals surface area contributed by atoms with E-state index in [-0.39, 0.29) is 4.90 Å². The zero-order valence-electron chi connectivity index (χ0n) is 16.3. The second-order valence-electron chi connectivity index (χ2n) is 6.87. The molecule has 1 atom stereocenters. The van der Waals surface area contributed by atoms with Crippen molar-refractivity contribution in [2.24, 2.45) is 4.58 Å². The van der Waals surface area contributed by atoms with E-state index in [0.29, 0.717) is 17.3 Å². The maximum Gasteiger partial charge on any atom is 0.325 e. The van der Waals surface area contributed by atoms with Gasteiger partial charge in [0.15, 0.2) is 0 Å². The van der Waals surface area contributed by atoms with E-state index >= 15 is 0 Å². The fourth-order valence-electron chi connectivity index (χ4n) is 2.85. The van der Waals surface area contributed by atoms with Gasteiger partial charge in [-0.15, -0.1) is 4.91 Å². The number of hydrogen-bond donors (Lipinski definition) is 1. The molecule has 0 aliphatic carbocycles. The van der Waals surface area contributed by atoms with Crippen molar-refractivity contribution in [1.29, 1.82) is 0 Å². The standard InChI is InChI=1S/C18H23N3O5S2/c1-18(2,27-20-23)16(17(22)26-5)19-28(24,25)15-11-7-8-12-13(15)9-6-10-14(12)21(3)4/h6-11,16,19H,1-5H3. The first-order valence-corrected chi connectivity index (χ1v) is 10.6.